The van der Waals surface area contributed by atoms with Gasteiger partial charge in [-0.05, 0) is 74.7 Å². The zero-order valence-corrected chi connectivity index (χ0v) is 22.2. The minimum absolute atomic E-state index is 0.00834. The maximum absolute atomic E-state index is 14.2. The highest BCUT2D eigenvalue weighted by atomic mass is 32.2. The van der Waals surface area contributed by atoms with Crippen molar-refractivity contribution in [3.05, 3.63) is 89.4 Å². The van der Waals surface area contributed by atoms with Crippen LogP contribution in [0.4, 0.5) is 4.39 Å². The van der Waals surface area contributed by atoms with E-state index in [4.69, 9.17) is 0 Å². The van der Waals surface area contributed by atoms with E-state index in [0.717, 1.165) is 16.8 Å². The van der Waals surface area contributed by atoms with Gasteiger partial charge in [-0.1, -0.05) is 16.9 Å². The Morgan fingerprint density at radius 3 is 2.62 bits per heavy atom. The Hall–Kier alpha value is -4.03. The Morgan fingerprint density at radius 2 is 1.90 bits per heavy atom. The lowest BCUT2D eigenvalue weighted by molar-refractivity contribution is 0.0769. The Morgan fingerprint density at radius 1 is 1.10 bits per heavy atom. The van der Waals surface area contributed by atoms with E-state index in [2.05, 4.69) is 20.4 Å². The van der Waals surface area contributed by atoms with E-state index in [1.165, 1.54) is 27.3 Å². The molecule has 10 nitrogen and oxygen atoms in total. The van der Waals surface area contributed by atoms with Crippen molar-refractivity contribution in [2.24, 2.45) is 5.41 Å². The number of nitrogens with zero attached hydrogens (tertiary/aromatic N) is 7. The van der Waals surface area contributed by atoms with Crippen molar-refractivity contribution in [1.29, 1.82) is 0 Å². The normalized spacial score (nSPS) is 19.4. The Balaban J connectivity index is 1.45. The van der Waals surface area contributed by atoms with Crippen LogP contribution in [-0.2, 0) is 16.4 Å². The Labute approximate surface area is 224 Å². The van der Waals surface area contributed by atoms with Gasteiger partial charge >= 0.3 is 0 Å². The number of benzene rings is 1. The SMILES string of the molecule is CC(C)n1nncc1S(=O)(=O)N1CCC2=Cc3c(cnn3-c3ccc(F)cc3)C[C@]2(C(=O)c2ccccn2)C1. The van der Waals surface area contributed by atoms with E-state index in [-0.39, 0.29) is 47.9 Å². The largest absolute Gasteiger partial charge is 0.291 e. The molecular formula is C27H26FN7O3S. The molecule has 39 heavy (non-hydrogen) atoms. The molecule has 0 amide bonds. The second kappa shape index (κ2) is 9.31. The molecule has 1 aliphatic carbocycles. The number of hydrogen-bond acceptors (Lipinski definition) is 7. The molecule has 1 atom stereocenters. The highest BCUT2D eigenvalue weighted by molar-refractivity contribution is 7.89. The number of pyridine rings is 1. The van der Waals surface area contributed by atoms with Gasteiger partial charge in [-0.2, -0.15) is 9.40 Å². The molecule has 0 unspecified atom stereocenters. The standard InChI is InChI=1S/C27H26FN7O3S/c1-18(2)34-25(16-30-32-34)39(37,38)33-12-10-20-13-24-19(15-31-35(24)22-8-6-21(28)7-9-22)14-27(20,17-33)26(36)23-5-3-4-11-29-23/h3-9,11,13,15-16,18H,10,12,14,17H2,1-2H3/t27-/m0/s1. The van der Waals surface area contributed by atoms with E-state index >= 15 is 0 Å². The molecule has 0 saturated carbocycles. The van der Waals surface area contributed by atoms with E-state index < -0.39 is 15.4 Å². The number of carbonyl (C=O) groups is 1. The molecule has 1 fully saturated rings. The molecule has 4 heterocycles. The third-order valence-electron chi connectivity index (χ3n) is 7.42. The molecule has 0 radical (unpaired) electrons. The first-order valence-corrected chi connectivity index (χ1v) is 14.0. The van der Waals surface area contributed by atoms with Crippen LogP contribution >= 0.6 is 0 Å². The van der Waals surface area contributed by atoms with Crippen LogP contribution < -0.4 is 0 Å². The quantitative estimate of drug-likeness (QED) is 0.339. The summed E-state index contributed by atoms with van der Waals surface area (Å²) in [5.41, 5.74) is 2.19. The molecule has 0 spiro atoms. The number of Topliss-reactive ketones (excluding diaryl/α,β-unsaturated/α-hetero) is 1. The summed E-state index contributed by atoms with van der Waals surface area (Å²) in [4.78, 5) is 18.5. The predicted molar refractivity (Wildman–Crippen MR) is 140 cm³/mol. The first kappa shape index (κ1) is 25.3. The topological polar surface area (TPSA) is 116 Å². The molecule has 3 aromatic heterocycles. The zero-order valence-electron chi connectivity index (χ0n) is 21.4. The monoisotopic (exact) mass is 547 g/mol. The predicted octanol–water partition coefficient (Wildman–Crippen LogP) is 3.48. The molecule has 1 aliphatic heterocycles. The van der Waals surface area contributed by atoms with Gasteiger partial charge in [0.1, 0.15) is 11.5 Å². The van der Waals surface area contributed by atoms with Crippen LogP contribution in [0.2, 0.25) is 0 Å². The molecule has 0 N–H and O–H groups in total. The first-order chi connectivity index (χ1) is 18.7. The summed E-state index contributed by atoms with van der Waals surface area (Å²) in [6.45, 7) is 3.80. The fourth-order valence-electron chi connectivity index (χ4n) is 5.46. The lowest BCUT2D eigenvalue weighted by atomic mass is 9.65. The van der Waals surface area contributed by atoms with Crippen LogP contribution in [0.3, 0.4) is 0 Å². The number of rotatable bonds is 6. The van der Waals surface area contributed by atoms with Crippen molar-refractivity contribution < 1.29 is 17.6 Å². The van der Waals surface area contributed by atoms with E-state index in [9.17, 15) is 17.6 Å². The van der Waals surface area contributed by atoms with Gasteiger partial charge in [0.2, 0.25) is 0 Å². The van der Waals surface area contributed by atoms with Crippen LogP contribution in [-0.4, -0.2) is 61.4 Å². The number of hydrogen-bond donors (Lipinski definition) is 0. The number of halogens is 1. The molecule has 200 valence electrons. The lowest BCUT2D eigenvalue weighted by Gasteiger charge is -2.44. The average molecular weight is 548 g/mol. The second-order valence-electron chi connectivity index (χ2n) is 10.1. The van der Waals surface area contributed by atoms with E-state index in [1.54, 1.807) is 47.4 Å². The highest BCUT2D eigenvalue weighted by Crippen LogP contribution is 2.47. The minimum Gasteiger partial charge on any atom is -0.291 e. The average Bonchev–Trinajstić information content (AvgIpc) is 3.60. The summed E-state index contributed by atoms with van der Waals surface area (Å²) in [6.07, 6.45) is 7.01. The lowest BCUT2D eigenvalue weighted by Crippen LogP contribution is -2.53. The molecule has 2 aliphatic rings. The summed E-state index contributed by atoms with van der Waals surface area (Å²) in [7, 11) is -4.00. The maximum atomic E-state index is 14.2. The van der Waals surface area contributed by atoms with Gasteiger partial charge in [-0.25, -0.2) is 22.2 Å². The summed E-state index contributed by atoms with van der Waals surface area (Å²) in [5, 5.41) is 12.3. The number of sulfonamides is 1. The van der Waals surface area contributed by atoms with Crippen LogP contribution in [0.25, 0.3) is 11.8 Å². The summed E-state index contributed by atoms with van der Waals surface area (Å²) < 4.78 is 45.7. The van der Waals surface area contributed by atoms with Gasteiger partial charge < -0.3 is 0 Å². The summed E-state index contributed by atoms with van der Waals surface area (Å²) in [5.74, 6) is -0.592. The van der Waals surface area contributed by atoms with Gasteiger partial charge in [-0.3, -0.25) is 9.78 Å². The molecule has 1 saturated heterocycles. The van der Waals surface area contributed by atoms with E-state index in [0.29, 0.717) is 12.1 Å². The van der Waals surface area contributed by atoms with Crippen LogP contribution in [0.15, 0.2) is 71.7 Å². The highest BCUT2D eigenvalue weighted by Gasteiger charge is 2.51. The zero-order chi connectivity index (χ0) is 27.4. The van der Waals surface area contributed by atoms with Gasteiger partial charge in [-0.15, -0.1) is 5.10 Å². The van der Waals surface area contributed by atoms with Gasteiger partial charge in [0, 0.05) is 25.3 Å². The van der Waals surface area contributed by atoms with Crippen molar-refractivity contribution >= 4 is 21.9 Å². The Kier molecular flexibility index (Phi) is 6.03. The Bertz CT molecular complexity index is 1690. The number of ketones is 1. The van der Waals surface area contributed by atoms with Gasteiger partial charge in [0.05, 0.1) is 29.2 Å². The van der Waals surface area contributed by atoms with Crippen molar-refractivity contribution in [3.63, 3.8) is 0 Å². The van der Waals surface area contributed by atoms with Gasteiger partial charge in [0.25, 0.3) is 10.0 Å². The van der Waals surface area contributed by atoms with Crippen LogP contribution in [0, 0.1) is 11.2 Å². The van der Waals surface area contributed by atoms with Gasteiger partial charge in [0.15, 0.2) is 10.8 Å². The van der Waals surface area contributed by atoms with E-state index in [1.807, 2.05) is 19.9 Å². The van der Waals surface area contributed by atoms with Crippen molar-refractivity contribution in [2.75, 3.05) is 13.1 Å². The van der Waals surface area contributed by atoms with Crippen molar-refractivity contribution in [2.45, 2.75) is 37.8 Å². The molecule has 4 aromatic rings. The van der Waals surface area contributed by atoms with Crippen LogP contribution in [0.1, 0.15) is 48.1 Å². The fraction of sp³-hybridized carbons (Fsp3) is 0.296. The number of aromatic nitrogens is 6. The molecule has 1 aromatic carbocycles. The van der Waals surface area contributed by atoms with Crippen molar-refractivity contribution in [1.82, 2.24) is 34.1 Å². The number of fused-ring (bicyclic) bond motifs is 2. The first-order valence-electron chi connectivity index (χ1n) is 12.6. The van der Waals surface area contributed by atoms with Crippen LogP contribution in [0.5, 0.6) is 0 Å². The number of piperidine rings is 1. The third-order valence-corrected chi connectivity index (χ3v) is 9.23. The smallest absolute Gasteiger partial charge is 0.261 e. The summed E-state index contributed by atoms with van der Waals surface area (Å²) >= 11 is 0. The summed E-state index contributed by atoms with van der Waals surface area (Å²) in [6, 6.07) is 10.9. The minimum atomic E-state index is -4.00. The fourth-order valence-corrected chi connectivity index (χ4v) is 7.11. The molecule has 0 bridgehead atoms. The molecular weight excluding hydrogens is 521 g/mol. The number of carbonyl (C=O) groups excluding carboxylic acids is 1. The third kappa shape index (κ3) is 4.10. The molecule has 6 rings (SSSR count). The second-order valence-corrected chi connectivity index (χ2v) is 12.0. The maximum Gasteiger partial charge on any atom is 0.261 e. The van der Waals surface area contributed by atoms with Crippen molar-refractivity contribution in [3.8, 4) is 5.69 Å². The molecule has 12 heteroatoms.